The summed E-state index contributed by atoms with van der Waals surface area (Å²) in [6.45, 7) is 7.97. The molecule has 0 heterocycles. The van der Waals surface area contributed by atoms with Gasteiger partial charge in [0, 0.05) is 26.4 Å². The zero-order chi connectivity index (χ0) is 26.8. The van der Waals surface area contributed by atoms with Gasteiger partial charge in [-0.15, -0.1) is 6.58 Å². The van der Waals surface area contributed by atoms with E-state index in [1.54, 1.807) is 24.3 Å². The number of carbonyl (C=O) groups excluding carboxylic acids is 4. The molecule has 0 fully saturated rings. The summed E-state index contributed by atoms with van der Waals surface area (Å²) in [4.78, 5) is 48.2. The standard InChI is InChI=1S/C26H38N4O6/c1-5-10-21(25(33)35-4)29-23(31)11-8-7-9-16-28-26(34)30-22(24(32)27-3)18-19-12-14-20(15-13-19)36-17-6-2/h5-6,12-15,21-22H,1-2,7-11,16-18H2,3-4H3,(H,27,32)(H,29,31)(H2,28,30,34)/t21-,22-/m0/s1. The van der Waals surface area contributed by atoms with Gasteiger partial charge in [0.25, 0.3) is 0 Å². The molecule has 0 radical (unpaired) electrons. The monoisotopic (exact) mass is 502 g/mol. The molecular weight excluding hydrogens is 464 g/mol. The van der Waals surface area contributed by atoms with E-state index in [-0.39, 0.29) is 18.2 Å². The van der Waals surface area contributed by atoms with Gasteiger partial charge in [-0.2, -0.15) is 0 Å². The van der Waals surface area contributed by atoms with E-state index in [1.807, 2.05) is 12.1 Å². The van der Waals surface area contributed by atoms with Crippen LogP contribution >= 0.6 is 0 Å². The summed E-state index contributed by atoms with van der Waals surface area (Å²) in [6.07, 6.45) is 6.04. The summed E-state index contributed by atoms with van der Waals surface area (Å²) in [5.41, 5.74) is 0.871. The maximum absolute atomic E-state index is 12.3. The molecule has 10 nitrogen and oxygen atoms in total. The van der Waals surface area contributed by atoms with Crippen molar-refractivity contribution in [3.8, 4) is 5.75 Å². The van der Waals surface area contributed by atoms with Crippen molar-refractivity contribution in [2.24, 2.45) is 0 Å². The fraction of sp³-hybridized carbons (Fsp3) is 0.462. The molecule has 0 spiro atoms. The van der Waals surface area contributed by atoms with E-state index in [1.165, 1.54) is 14.2 Å². The van der Waals surface area contributed by atoms with Crippen LogP contribution in [0.3, 0.4) is 0 Å². The number of hydrogen-bond acceptors (Lipinski definition) is 6. The van der Waals surface area contributed by atoms with Crippen LogP contribution in [0.5, 0.6) is 5.75 Å². The maximum atomic E-state index is 12.3. The molecule has 198 valence electrons. The number of hydrogen-bond donors (Lipinski definition) is 4. The molecule has 36 heavy (non-hydrogen) atoms. The number of methoxy groups -OCH3 is 1. The number of nitrogens with one attached hydrogen (secondary N) is 4. The van der Waals surface area contributed by atoms with Gasteiger partial charge in [-0.05, 0) is 37.0 Å². The molecule has 0 saturated heterocycles. The fourth-order valence-corrected chi connectivity index (χ4v) is 3.28. The average Bonchev–Trinajstić information content (AvgIpc) is 2.88. The third-order valence-electron chi connectivity index (χ3n) is 5.19. The molecular formula is C26H38N4O6. The van der Waals surface area contributed by atoms with Crippen LogP contribution in [0.25, 0.3) is 0 Å². The molecule has 0 aliphatic carbocycles. The number of benzene rings is 1. The molecule has 0 saturated carbocycles. The van der Waals surface area contributed by atoms with Gasteiger partial charge in [-0.25, -0.2) is 9.59 Å². The molecule has 1 rings (SSSR count). The molecule has 1 aromatic carbocycles. The number of ether oxygens (including phenoxy) is 2. The molecule has 1 aromatic rings. The predicted molar refractivity (Wildman–Crippen MR) is 137 cm³/mol. The Morgan fingerprint density at radius 2 is 1.69 bits per heavy atom. The molecule has 0 bridgehead atoms. The number of unbranched alkanes of at least 4 members (excludes halogenated alkanes) is 2. The first kappa shape index (κ1) is 30.2. The van der Waals surface area contributed by atoms with Crippen molar-refractivity contribution >= 4 is 23.8 Å². The Balaban J connectivity index is 2.37. The van der Waals surface area contributed by atoms with Gasteiger partial charge in [0.15, 0.2) is 0 Å². The quantitative estimate of drug-likeness (QED) is 0.146. The van der Waals surface area contributed by atoms with Gasteiger partial charge in [0.1, 0.15) is 24.4 Å². The zero-order valence-corrected chi connectivity index (χ0v) is 21.1. The fourth-order valence-electron chi connectivity index (χ4n) is 3.28. The number of rotatable bonds is 17. The van der Waals surface area contributed by atoms with Gasteiger partial charge in [-0.3, -0.25) is 9.59 Å². The number of likely N-dealkylation sites (N-methyl/N-ethyl adjacent to an activating group) is 1. The van der Waals surface area contributed by atoms with Crippen LogP contribution in [0.2, 0.25) is 0 Å². The third-order valence-corrected chi connectivity index (χ3v) is 5.19. The largest absolute Gasteiger partial charge is 0.490 e. The Morgan fingerprint density at radius 3 is 2.31 bits per heavy atom. The van der Waals surface area contributed by atoms with Crippen LogP contribution in [0, 0.1) is 0 Å². The summed E-state index contributed by atoms with van der Waals surface area (Å²) in [5.74, 6) is -0.363. The zero-order valence-electron chi connectivity index (χ0n) is 21.1. The highest BCUT2D eigenvalue weighted by molar-refractivity contribution is 5.87. The first-order valence-corrected chi connectivity index (χ1v) is 11.9. The predicted octanol–water partition coefficient (Wildman–Crippen LogP) is 2.00. The summed E-state index contributed by atoms with van der Waals surface area (Å²) in [7, 11) is 2.78. The second kappa shape index (κ2) is 17.6. The van der Waals surface area contributed by atoms with Gasteiger partial charge in [0.05, 0.1) is 7.11 Å². The Bertz CT molecular complexity index is 872. The Morgan fingerprint density at radius 1 is 0.972 bits per heavy atom. The molecule has 2 atom stereocenters. The molecule has 4 amide bonds. The Kier molecular flexibility index (Phi) is 14.8. The molecule has 0 aromatic heterocycles. The van der Waals surface area contributed by atoms with Crippen molar-refractivity contribution in [2.75, 3.05) is 27.3 Å². The number of carbonyl (C=O) groups is 4. The summed E-state index contributed by atoms with van der Waals surface area (Å²) >= 11 is 0. The lowest BCUT2D eigenvalue weighted by Gasteiger charge is -2.18. The van der Waals surface area contributed by atoms with Gasteiger partial charge < -0.3 is 30.7 Å². The van der Waals surface area contributed by atoms with Crippen LogP contribution < -0.4 is 26.0 Å². The second-order valence-electron chi connectivity index (χ2n) is 7.99. The van der Waals surface area contributed by atoms with Crippen LogP contribution in [-0.2, 0) is 25.5 Å². The summed E-state index contributed by atoms with van der Waals surface area (Å²) < 4.78 is 10.1. The Labute approximate surface area is 212 Å². The smallest absolute Gasteiger partial charge is 0.328 e. The van der Waals surface area contributed by atoms with Crippen molar-refractivity contribution in [3.63, 3.8) is 0 Å². The first-order valence-electron chi connectivity index (χ1n) is 11.9. The van der Waals surface area contributed by atoms with Gasteiger partial charge in [0.2, 0.25) is 11.8 Å². The molecule has 0 aliphatic heterocycles. The number of esters is 1. The van der Waals surface area contributed by atoms with E-state index in [0.29, 0.717) is 51.0 Å². The SMILES string of the molecule is C=CCOc1ccc(C[C@H](NC(=O)NCCCCCC(=O)N[C@@H](CC=C)C(=O)OC)C(=O)NC)cc1. The van der Waals surface area contributed by atoms with Crippen LogP contribution in [0.4, 0.5) is 4.79 Å². The summed E-state index contributed by atoms with van der Waals surface area (Å²) in [5, 5.41) is 10.6. The van der Waals surface area contributed by atoms with E-state index >= 15 is 0 Å². The lowest BCUT2D eigenvalue weighted by molar-refractivity contribution is -0.145. The molecule has 10 heteroatoms. The minimum Gasteiger partial charge on any atom is -0.490 e. The van der Waals surface area contributed by atoms with E-state index < -0.39 is 24.1 Å². The van der Waals surface area contributed by atoms with Gasteiger partial charge in [-0.1, -0.05) is 37.3 Å². The van der Waals surface area contributed by atoms with Crippen LogP contribution in [0.1, 0.15) is 37.7 Å². The highest BCUT2D eigenvalue weighted by Crippen LogP contribution is 2.13. The minimum absolute atomic E-state index is 0.244. The van der Waals surface area contributed by atoms with Crippen LogP contribution in [0.15, 0.2) is 49.6 Å². The van der Waals surface area contributed by atoms with Crippen molar-refractivity contribution in [2.45, 2.75) is 50.6 Å². The second-order valence-corrected chi connectivity index (χ2v) is 7.99. The topological polar surface area (TPSA) is 135 Å². The van der Waals surface area contributed by atoms with Crippen molar-refractivity contribution in [1.29, 1.82) is 0 Å². The van der Waals surface area contributed by atoms with Crippen molar-refractivity contribution < 1.29 is 28.7 Å². The van der Waals surface area contributed by atoms with Crippen molar-refractivity contribution in [3.05, 3.63) is 55.1 Å². The number of urea groups is 1. The van der Waals surface area contributed by atoms with Gasteiger partial charge >= 0.3 is 12.0 Å². The minimum atomic E-state index is -0.739. The van der Waals surface area contributed by atoms with Crippen molar-refractivity contribution in [1.82, 2.24) is 21.3 Å². The molecule has 0 unspecified atom stereocenters. The lowest BCUT2D eigenvalue weighted by Crippen LogP contribution is -2.50. The van der Waals surface area contributed by atoms with Crippen LogP contribution in [-0.4, -0.2) is 63.2 Å². The normalized spacial score (nSPS) is 11.8. The average molecular weight is 503 g/mol. The highest BCUT2D eigenvalue weighted by Gasteiger charge is 2.21. The lowest BCUT2D eigenvalue weighted by atomic mass is 10.1. The highest BCUT2D eigenvalue weighted by atomic mass is 16.5. The maximum Gasteiger partial charge on any atom is 0.328 e. The van der Waals surface area contributed by atoms with E-state index in [0.717, 1.165) is 5.56 Å². The molecule has 0 aliphatic rings. The number of amides is 4. The summed E-state index contributed by atoms with van der Waals surface area (Å²) in [6, 6.07) is 5.37. The molecule has 4 N–H and O–H groups in total. The van der Waals surface area contributed by atoms with E-state index in [2.05, 4.69) is 39.2 Å². The van der Waals surface area contributed by atoms with E-state index in [4.69, 9.17) is 4.74 Å². The first-order chi connectivity index (χ1) is 17.3. The van der Waals surface area contributed by atoms with E-state index in [9.17, 15) is 19.2 Å². The Hall–Kier alpha value is -3.82. The third kappa shape index (κ3) is 12.0.